The monoisotopic (exact) mass is 298 g/mol. The molecule has 3 rings (SSSR count). The van der Waals surface area contributed by atoms with Crippen molar-refractivity contribution in [3.05, 3.63) is 47.2 Å². The summed E-state index contributed by atoms with van der Waals surface area (Å²) in [6, 6.07) is 6.17. The fourth-order valence-electron chi connectivity index (χ4n) is 2.17. The van der Waals surface area contributed by atoms with Crippen LogP contribution < -0.4 is 0 Å². The van der Waals surface area contributed by atoms with Gasteiger partial charge < -0.3 is 0 Å². The molecule has 0 radical (unpaired) electrons. The molecule has 21 heavy (non-hydrogen) atoms. The lowest BCUT2D eigenvalue weighted by molar-refractivity contribution is 0.736. The Hall–Kier alpha value is -2.01. The molecule has 0 unspecified atom stereocenters. The molecule has 0 aromatic carbocycles. The van der Waals surface area contributed by atoms with E-state index in [9.17, 15) is 0 Å². The zero-order valence-electron chi connectivity index (χ0n) is 12.3. The van der Waals surface area contributed by atoms with Crippen LogP contribution in [0.1, 0.15) is 31.0 Å². The Bertz CT molecular complexity index is 716. The topological polar surface area (TPSA) is 43.6 Å². The standard InChI is InChI=1S/C16H18N4S/c1-3-4-6-13-8-9-20(19-13)16-17-11-12(2)15(18-16)14-7-5-10-21-14/h5,7-11H,3-4,6H2,1-2H3. The van der Waals surface area contributed by atoms with Crippen LogP contribution in [-0.4, -0.2) is 19.7 Å². The highest BCUT2D eigenvalue weighted by Crippen LogP contribution is 2.25. The van der Waals surface area contributed by atoms with Crippen molar-refractivity contribution in [2.45, 2.75) is 33.1 Å². The number of unbranched alkanes of at least 4 members (excludes halogenated alkanes) is 1. The SMILES string of the molecule is CCCCc1ccn(-c2ncc(C)c(-c3cccs3)n2)n1. The van der Waals surface area contributed by atoms with Gasteiger partial charge in [0.05, 0.1) is 16.3 Å². The highest BCUT2D eigenvalue weighted by atomic mass is 32.1. The van der Waals surface area contributed by atoms with Crippen molar-refractivity contribution in [2.75, 3.05) is 0 Å². The van der Waals surface area contributed by atoms with E-state index in [1.807, 2.05) is 31.5 Å². The van der Waals surface area contributed by atoms with Gasteiger partial charge >= 0.3 is 0 Å². The number of hydrogen-bond acceptors (Lipinski definition) is 4. The Morgan fingerprint density at radius 2 is 2.19 bits per heavy atom. The van der Waals surface area contributed by atoms with E-state index in [0.717, 1.165) is 34.7 Å². The van der Waals surface area contributed by atoms with Crippen LogP contribution in [0.2, 0.25) is 0 Å². The minimum atomic E-state index is 0.631. The van der Waals surface area contributed by atoms with Gasteiger partial charge in [0, 0.05) is 12.4 Å². The van der Waals surface area contributed by atoms with Gasteiger partial charge in [-0.2, -0.15) is 5.10 Å². The van der Waals surface area contributed by atoms with Crippen LogP contribution in [0.4, 0.5) is 0 Å². The zero-order chi connectivity index (χ0) is 14.7. The van der Waals surface area contributed by atoms with Crippen molar-refractivity contribution in [3.63, 3.8) is 0 Å². The summed E-state index contributed by atoms with van der Waals surface area (Å²) in [7, 11) is 0. The second kappa shape index (κ2) is 6.18. The highest BCUT2D eigenvalue weighted by Gasteiger charge is 2.09. The first kappa shape index (κ1) is 13.9. The van der Waals surface area contributed by atoms with E-state index in [1.165, 1.54) is 6.42 Å². The Morgan fingerprint density at radius 1 is 1.29 bits per heavy atom. The Balaban J connectivity index is 1.92. The van der Waals surface area contributed by atoms with Crippen molar-refractivity contribution < 1.29 is 0 Å². The predicted octanol–water partition coefficient (Wildman–Crippen LogP) is 4.04. The molecule has 0 aliphatic rings. The maximum Gasteiger partial charge on any atom is 0.251 e. The molecule has 3 heterocycles. The third-order valence-electron chi connectivity index (χ3n) is 3.35. The molecule has 5 heteroatoms. The number of aromatic nitrogens is 4. The number of nitrogens with zero attached hydrogens (tertiary/aromatic N) is 4. The van der Waals surface area contributed by atoms with Gasteiger partial charge in [-0.15, -0.1) is 11.3 Å². The summed E-state index contributed by atoms with van der Waals surface area (Å²) in [6.45, 7) is 4.22. The van der Waals surface area contributed by atoms with Crippen LogP contribution in [0.15, 0.2) is 36.0 Å². The molecule has 3 aromatic heterocycles. The van der Waals surface area contributed by atoms with Crippen LogP contribution in [-0.2, 0) is 6.42 Å². The predicted molar refractivity (Wildman–Crippen MR) is 85.8 cm³/mol. The van der Waals surface area contributed by atoms with Crippen molar-refractivity contribution in [2.24, 2.45) is 0 Å². The van der Waals surface area contributed by atoms with Crippen molar-refractivity contribution in [3.8, 4) is 16.5 Å². The third kappa shape index (κ3) is 3.03. The first-order valence-corrected chi connectivity index (χ1v) is 8.08. The summed E-state index contributed by atoms with van der Waals surface area (Å²) in [5.74, 6) is 0.631. The fourth-order valence-corrected chi connectivity index (χ4v) is 2.95. The first-order valence-electron chi connectivity index (χ1n) is 7.20. The number of hydrogen-bond donors (Lipinski definition) is 0. The summed E-state index contributed by atoms with van der Waals surface area (Å²) in [4.78, 5) is 10.2. The second-order valence-electron chi connectivity index (χ2n) is 5.03. The van der Waals surface area contributed by atoms with Crippen LogP contribution in [0.5, 0.6) is 0 Å². The molecule has 4 nitrogen and oxygen atoms in total. The average molecular weight is 298 g/mol. The maximum absolute atomic E-state index is 4.68. The highest BCUT2D eigenvalue weighted by molar-refractivity contribution is 7.13. The summed E-state index contributed by atoms with van der Waals surface area (Å²) >= 11 is 1.69. The molecule has 0 aliphatic heterocycles. The molecule has 108 valence electrons. The molecular formula is C16H18N4S. The molecule has 0 amide bonds. The lowest BCUT2D eigenvalue weighted by atomic mass is 10.2. The zero-order valence-corrected chi connectivity index (χ0v) is 13.1. The van der Waals surface area contributed by atoms with Gasteiger partial charge in [0.1, 0.15) is 0 Å². The molecule has 0 saturated carbocycles. The lowest BCUT2D eigenvalue weighted by Gasteiger charge is -2.05. The average Bonchev–Trinajstić information content (AvgIpc) is 3.17. The molecule has 0 spiro atoms. The van der Waals surface area contributed by atoms with E-state index < -0.39 is 0 Å². The van der Waals surface area contributed by atoms with E-state index >= 15 is 0 Å². The Morgan fingerprint density at radius 3 is 2.95 bits per heavy atom. The van der Waals surface area contributed by atoms with E-state index in [0.29, 0.717) is 5.95 Å². The van der Waals surface area contributed by atoms with E-state index in [4.69, 9.17) is 0 Å². The van der Waals surface area contributed by atoms with E-state index in [-0.39, 0.29) is 0 Å². The van der Waals surface area contributed by atoms with Gasteiger partial charge in [0.25, 0.3) is 5.95 Å². The lowest BCUT2D eigenvalue weighted by Crippen LogP contribution is -2.04. The summed E-state index contributed by atoms with van der Waals surface area (Å²) in [5, 5.41) is 6.63. The van der Waals surface area contributed by atoms with E-state index in [2.05, 4.69) is 33.4 Å². The number of rotatable bonds is 5. The quantitative estimate of drug-likeness (QED) is 0.714. The Labute approximate surface area is 128 Å². The minimum Gasteiger partial charge on any atom is -0.219 e. The molecule has 0 aliphatic carbocycles. The van der Waals surface area contributed by atoms with Crippen molar-refractivity contribution in [1.29, 1.82) is 0 Å². The Kier molecular flexibility index (Phi) is 4.10. The van der Waals surface area contributed by atoms with Crippen LogP contribution in [0, 0.1) is 6.92 Å². The van der Waals surface area contributed by atoms with Gasteiger partial charge in [-0.05, 0) is 42.8 Å². The molecule has 0 N–H and O–H groups in total. The normalized spacial score (nSPS) is 11.0. The van der Waals surface area contributed by atoms with Gasteiger partial charge in [0.15, 0.2) is 0 Å². The maximum atomic E-state index is 4.68. The van der Waals surface area contributed by atoms with Gasteiger partial charge in [-0.25, -0.2) is 14.6 Å². The second-order valence-corrected chi connectivity index (χ2v) is 5.98. The van der Waals surface area contributed by atoms with Crippen LogP contribution in [0.3, 0.4) is 0 Å². The van der Waals surface area contributed by atoms with Gasteiger partial charge in [-0.1, -0.05) is 19.4 Å². The molecule has 0 saturated heterocycles. The minimum absolute atomic E-state index is 0.631. The first-order chi connectivity index (χ1) is 10.3. The summed E-state index contributed by atoms with van der Waals surface area (Å²) in [6.07, 6.45) is 7.15. The van der Waals surface area contributed by atoms with Crippen LogP contribution in [0.25, 0.3) is 16.5 Å². The molecular weight excluding hydrogens is 280 g/mol. The number of thiophene rings is 1. The molecule has 0 atom stereocenters. The number of aryl methyl sites for hydroxylation is 2. The van der Waals surface area contributed by atoms with Gasteiger partial charge in [-0.3, -0.25) is 0 Å². The summed E-state index contributed by atoms with van der Waals surface area (Å²) < 4.78 is 1.77. The van der Waals surface area contributed by atoms with Gasteiger partial charge in [0.2, 0.25) is 0 Å². The fraction of sp³-hybridized carbons (Fsp3) is 0.312. The molecule has 0 bridgehead atoms. The van der Waals surface area contributed by atoms with Crippen molar-refractivity contribution >= 4 is 11.3 Å². The van der Waals surface area contributed by atoms with Crippen LogP contribution >= 0.6 is 11.3 Å². The third-order valence-corrected chi connectivity index (χ3v) is 4.23. The summed E-state index contributed by atoms with van der Waals surface area (Å²) in [5.41, 5.74) is 3.17. The van der Waals surface area contributed by atoms with E-state index in [1.54, 1.807) is 16.0 Å². The smallest absolute Gasteiger partial charge is 0.219 e. The molecule has 3 aromatic rings. The largest absolute Gasteiger partial charge is 0.251 e. The molecule has 0 fully saturated rings. The van der Waals surface area contributed by atoms with Crippen molar-refractivity contribution in [1.82, 2.24) is 19.7 Å².